The summed E-state index contributed by atoms with van der Waals surface area (Å²) in [5.74, 6) is -1.18. The van der Waals surface area contributed by atoms with E-state index in [4.69, 9.17) is 4.74 Å². The number of benzene rings is 1. The summed E-state index contributed by atoms with van der Waals surface area (Å²) in [6.07, 6.45) is 4.28. The van der Waals surface area contributed by atoms with Crippen LogP contribution in [-0.4, -0.2) is 53.2 Å². The van der Waals surface area contributed by atoms with Crippen LogP contribution in [0, 0.1) is 10.1 Å². The molecule has 0 atom stereocenters. The van der Waals surface area contributed by atoms with E-state index in [0.29, 0.717) is 13.0 Å². The molecule has 1 aliphatic rings. The summed E-state index contributed by atoms with van der Waals surface area (Å²) in [6, 6.07) is 2.45. The lowest BCUT2D eigenvalue weighted by atomic mass is 10.2. The van der Waals surface area contributed by atoms with Gasteiger partial charge in [0.25, 0.3) is 5.91 Å². The number of hydrazone groups is 1. The van der Waals surface area contributed by atoms with Crippen LogP contribution >= 0.6 is 0 Å². The van der Waals surface area contributed by atoms with E-state index in [1.807, 2.05) is 0 Å². The zero-order valence-electron chi connectivity index (χ0n) is 14.3. The summed E-state index contributed by atoms with van der Waals surface area (Å²) in [5.41, 5.74) is 2.01. The van der Waals surface area contributed by atoms with Crippen LogP contribution in [0.2, 0.25) is 0 Å². The van der Waals surface area contributed by atoms with E-state index in [1.165, 1.54) is 24.3 Å². The lowest BCUT2D eigenvalue weighted by molar-refractivity contribution is -0.386. The maximum absolute atomic E-state index is 11.9. The van der Waals surface area contributed by atoms with Crippen molar-refractivity contribution in [2.45, 2.75) is 25.7 Å². The van der Waals surface area contributed by atoms with Gasteiger partial charge in [0, 0.05) is 24.6 Å². The number of aromatic hydroxyl groups is 1. The molecule has 2 N–H and O–H groups in total. The Balaban J connectivity index is 2.01. The lowest BCUT2D eigenvalue weighted by Crippen LogP contribution is -2.39. The second-order valence-corrected chi connectivity index (χ2v) is 5.77. The quantitative estimate of drug-likeness (QED) is 0.442. The van der Waals surface area contributed by atoms with Gasteiger partial charge in [0.05, 0.1) is 18.2 Å². The highest BCUT2D eigenvalue weighted by molar-refractivity contribution is 5.87. The molecule has 1 aromatic rings. The molecule has 2 rings (SSSR count). The first-order valence-corrected chi connectivity index (χ1v) is 8.07. The Morgan fingerprint density at radius 2 is 2.23 bits per heavy atom. The zero-order chi connectivity index (χ0) is 19.1. The highest BCUT2D eigenvalue weighted by atomic mass is 16.6. The van der Waals surface area contributed by atoms with Gasteiger partial charge in [0.2, 0.25) is 11.7 Å². The molecule has 1 heterocycles. The first kappa shape index (κ1) is 19.2. The van der Waals surface area contributed by atoms with Crippen molar-refractivity contribution in [3.05, 3.63) is 27.8 Å². The van der Waals surface area contributed by atoms with Crippen LogP contribution in [0.3, 0.4) is 0 Å². The van der Waals surface area contributed by atoms with E-state index in [0.717, 1.165) is 25.3 Å². The van der Waals surface area contributed by atoms with Crippen molar-refractivity contribution in [1.29, 1.82) is 0 Å². The minimum absolute atomic E-state index is 0.0551. The second kappa shape index (κ2) is 8.79. The number of hydrogen-bond donors (Lipinski definition) is 2. The van der Waals surface area contributed by atoms with Gasteiger partial charge >= 0.3 is 5.69 Å². The number of rotatable bonds is 6. The molecule has 1 fully saturated rings. The van der Waals surface area contributed by atoms with Gasteiger partial charge in [-0.3, -0.25) is 19.7 Å². The standard InChI is InChI=1S/C16H20N4O6/c1-26-13-8-11(7-12(16(13)23)20(24)25)9-17-18-14(21)10-19-6-4-2-3-5-15(19)22/h7-9,23H,2-6,10H2,1H3,(H,18,21)/b17-9-. The Morgan fingerprint density at radius 1 is 1.46 bits per heavy atom. The third kappa shape index (κ3) is 4.91. The Kier molecular flexibility index (Phi) is 6.48. The highest BCUT2D eigenvalue weighted by Gasteiger charge is 2.20. The number of phenols is 1. The minimum atomic E-state index is -0.751. The van der Waals surface area contributed by atoms with Crippen LogP contribution in [-0.2, 0) is 9.59 Å². The molecule has 0 radical (unpaired) electrons. The van der Waals surface area contributed by atoms with Crippen LogP contribution in [0.1, 0.15) is 31.2 Å². The summed E-state index contributed by atoms with van der Waals surface area (Å²) in [5, 5.41) is 24.4. The smallest absolute Gasteiger partial charge is 0.315 e. The fourth-order valence-corrected chi connectivity index (χ4v) is 2.58. The molecule has 10 nitrogen and oxygen atoms in total. The number of ether oxygens (including phenoxy) is 1. The lowest BCUT2D eigenvalue weighted by Gasteiger charge is -2.18. The molecule has 1 aliphatic heterocycles. The van der Waals surface area contributed by atoms with Crippen molar-refractivity contribution in [2.75, 3.05) is 20.2 Å². The molecular formula is C16H20N4O6. The number of nitro benzene ring substituents is 1. The van der Waals surface area contributed by atoms with Gasteiger partial charge in [0.15, 0.2) is 5.75 Å². The molecular weight excluding hydrogens is 344 g/mol. The van der Waals surface area contributed by atoms with E-state index in [9.17, 15) is 24.8 Å². The van der Waals surface area contributed by atoms with Gasteiger partial charge in [-0.25, -0.2) is 5.43 Å². The molecule has 140 valence electrons. The third-order valence-corrected chi connectivity index (χ3v) is 3.90. The molecule has 0 bridgehead atoms. The monoisotopic (exact) mass is 364 g/mol. The van der Waals surface area contributed by atoms with Crippen LogP contribution in [0.5, 0.6) is 11.5 Å². The Morgan fingerprint density at radius 3 is 2.92 bits per heavy atom. The number of amides is 2. The fraction of sp³-hybridized carbons (Fsp3) is 0.438. The number of phenolic OH excluding ortho intramolecular Hbond substituents is 1. The molecule has 1 saturated heterocycles. The average molecular weight is 364 g/mol. The molecule has 0 aromatic heterocycles. The fourth-order valence-electron chi connectivity index (χ4n) is 2.58. The van der Waals surface area contributed by atoms with E-state index in [2.05, 4.69) is 10.5 Å². The summed E-state index contributed by atoms with van der Waals surface area (Å²) in [6.45, 7) is 0.451. The van der Waals surface area contributed by atoms with Gasteiger partial charge < -0.3 is 14.7 Å². The maximum Gasteiger partial charge on any atom is 0.315 e. The van der Waals surface area contributed by atoms with Gasteiger partial charge in [0.1, 0.15) is 6.54 Å². The van der Waals surface area contributed by atoms with Crippen molar-refractivity contribution in [3.8, 4) is 11.5 Å². The van der Waals surface area contributed by atoms with Crippen LogP contribution in [0.4, 0.5) is 5.69 Å². The predicted molar refractivity (Wildman–Crippen MR) is 92.1 cm³/mol. The minimum Gasteiger partial charge on any atom is -0.500 e. The molecule has 2 amide bonds. The number of nitrogens with zero attached hydrogens (tertiary/aromatic N) is 3. The zero-order valence-corrected chi connectivity index (χ0v) is 14.3. The van der Waals surface area contributed by atoms with E-state index < -0.39 is 22.3 Å². The van der Waals surface area contributed by atoms with Crippen molar-refractivity contribution in [2.24, 2.45) is 5.10 Å². The second-order valence-electron chi connectivity index (χ2n) is 5.77. The van der Waals surface area contributed by atoms with Crippen molar-refractivity contribution < 1.29 is 24.4 Å². The largest absolute Gasteiger partial charge is 0.500 e. The normalized spacial score (nSPS) is 15.0. The molecule has 10 heteroatoms. The highest BCUT2D eigenvalue weighted by Crippen LogP contribution is 2.36. The first-order chi connectivity index (χ1) is 12.4. The van der Waals surface area contributed by atoms with E-state index in [-0.39, 0.29) is 23.8 Å². The molecule has 1 aromatic carbocycles. The average Bonchev–Trinajstić information content (AvgIpc) is 2.80. The van der Waals surface area contributed by atoms with Crippen molar-refractivity contribution >= 4 is 23.7 Å². The number of carbonyl (C=O) groups is 2. The van der Waals surface area contributed by atoms with Crippen LogP contribution in [0.15, 0.2) is 17.2 Å². The third-order valence-electron chi connectivity index (χ3n) is 3.90. The Labute approximate surface area is 149 Å². The number of carbonyl (C=O) groups excluding carboxylic acids is 2. The number of nitrogens with one attached hydrogen (secondary N) is 1. The number of likely N-dealkylation sites (tertiary alicyclic amines) is 1. The van der Waals surface area contributed by atoms with Gasteiger partial charge in [-0.05, 0) is 18.9 Å². The molecule has 0 aliphatic carbocycles. The summed E-state index contributed by atoms with van der Waals surface area (Å²) >= 11 is 0. The Bertz CT molecular complexity index is 734. The summed E-state index contributed by atoms with van der Waals surface area (Å²) in [7, 11) is 1.26. The van der Waals surface area contributed by atoms with E-state index >= 15 is 0 Å². The topological polar surface area (TPSA) is 134 Å². The van der Waals surface area contributed by atoms with Gasteiger partial charge in [-0.15, -0.1) is 0 Å². The van der Waals surface area contributed by atoms with Crippen LogP contribution < -0.4 is 10.2 Å². The number of methoxy groups -OCH3 is 1. The van der Waals surface area contributed by atoms with Crippen molar-refractivity contribution in [1.82, 2.24) is 10.3 Å². The first-order valence-electron chi connectivity index (χ1n) is 8.07. The van der Waals surface area contributed by atoms with Crippen molar-refractivity contribution in [3.63, 3.8) is 0 Å². The molecule has 0 unspecified atom stereocenters. The van der Waals surface area contributed by atoms with Gasteiger partial charge in [-0.2, -0.15) is 5.10 Å². The summed E-state index contributed by atoms with van der Waals surface area (Å²) < 4.78 is 4.88. The number of hydrogen-bond acceptors (Lipinski definition) is 7. The van der Waals surface area contributed by atoms with E-state index in [1.54, 1.807) is 0 Å². The maximum atomic E-state index is 11.9. The molecule has 0 saturated carbocycles. The number of nitro groups is 1. The molecule has 26 heavy (non-hydrogen) atoms. The van der Waals surface area contributed by atoms with Crippen LogP contribution in [0.25, 0.3) is 0 Å². The predicted octanol–water partition coefficient (Wildman–Crippen LogP) is 1.16. The Hall–Kier alpha value is -3.17. The van der Waals surface area contributed by atoms with Gasteiger partial charge in [-0.1, -0.05) is 6.42 Å². The summed E-state index contributed by atoms with van der Waals surface area (Å²) in [4.78, 5) is 35.5. The molecule has 0 spiro atoms. The SMILES string of the molecule is COc1cc(/C=N\NC(=O)CN2CCCCCC2=O)cc([N+](=O)[O-])c1O.